The first kappa shape index (κ1) is 15.3. The Morgan fingerprint density at radius 1 is 1.13 bits per heavy atom. The lowest BCUT2D eigenvalue weighted by atomic mass is 10.1. The largest absolute Gasteiger partial charge is 0.361 e. The highest BCUT2D eigenvalue weighted by molar-refractivity contribution is 7.90. The Bertz CT molecular complexity index is 974. The highest BCUT2D eigenvalue weighted by Crippen LogP contribution is 2.19. The van der Waals surface area contributed by atoms with Crippen molar-refractivity contribution in [2.45, 2.75) is 11.3 Å². The molecule has 0 unspecified atom stereocenters. The van der Waals surface area contributed by atoms with E-state index in [1.165, 1.54) is 12.1 Å². The summed E-state index contributed by atoms with van der Waals surface area (Å²) in [6.45, 7) is 0. The van der Waals surface area contributed by atoms with E-state index in [1.807, 2.05) is 30.5 Å². The molecule has 1 aromatic heterocycles. The Kier molecular flexibility index (Phi) is 3.92. The van der Waals surface area contributed by atoms with Crippen molar-refractivity contribution >= 4 is 32.3 Å². The lowest BCUT2D eigenvalue weighted by Gasteiger charge is -2.06. The zero-order valence-electron chi connectivity index (χ0n) is 12.5. The molecule has 118 valence electrons. The fraction of sp³-hybridized carbons (Fsp3) is 0.118. The fourth-order valence-corrected chi connectivity index (χ4v) is 3.13. The fourth-order valence-electron chi connectivity index (χ4n) is 2.46. The standard InChI is InChI=1S/C17H16N2O3S/c1-23(21,22)14-6-4-5-13(10-14)19-17(20)9-12-11-18-16-8-3-2-7-15(12)16/h2-8,10-11,18H,9H2,1H3,(H,19,20). The van der Waals surface area contributed by atoms with E-state index in [-0.39, 0.29) is 17.2 Å². The van der Waals surface area contributed by atoms with Crippen LogP contribution in [0.1, 0.15) is 5.56 Å². The van der Waals surface area contributed by atoms with Crippen LogP contribution in [0.2, 0.25) is 0 Å². The first-order chi connectivity index (χ1) is 10.9. The van der Waals surface area contributed by atoms with Gasteiger partial charge in [0.15, 0.2) is 9.84 Å². The molecule has 0 fully saturated rings. The number of sulfone groups is 1. The Morgan fingerprint density at radius 2 is 1.91 bits per heavy atom. The molecular weight excluding hydrogens is 312 g/mol. The zero-order chi connectivity index (χ0) is 16.4. The molecule has 5 nitrogen and oxygen atoms in total. The van der Waals surface area contributed by atoms with E-state index < -0.39 is 9.84 Å². The van der Waals surface area contributed by atoms with Gasteiger partial charge in [0, 0.05) is 29.0 Å². The first-order valence-corrected chi connectivity index (χ1v) is 8.97. The van der Waals surface area contributed by atoms with E-state index in [4.69, 9.17) is 0 Å². The molecule has 1 heterocycles. The molecule has 0 saturated heterocycles. The van der Waals surface area contributed by atoms with Gasteiger partial charge in [-0.1, -0.05) is 24.3 Å². The number of nitrogens with one attached hydrogen (secondary N) is 2. The smallest absolute Gasteiger partial charge is 0.228 e. The number of H-pyrrole nitrogens is 1. The third kappa shape index (κ3) is 3.43. The second kappa shape index (κ2) is 5.89. The number of rotatable bonds is 4. The van der Waals surface area contributed by atoms with Crippen LogP contribution >= 0.6 is 0 Å². The number of hydrogen-bond acceptors (Lipinski definition) is 3. The van der Waals surface area contributed by atoms with Crippen molar-refractivity contribution in [3.8, 4) is 0 Å². The van der Waals surface area contributed by atoms with E-state index in [2.05, 4.69) is 10.3 Å². The molecule has 0 aliphatic rings. The van der Waals surface area contributed by atoms with Crippen LogP contribution in [0, 0.1) is 0 Å². The van der Waals surface area contributed by atoms with Crippen molar-refractivity contribution in [1.29, 1.82) is 0 Å². The van der Waals surface area contributed by atoms with Gasteiger partial charge < -0.3 is 10.3 Å². The van der Waals surface area contributed by atoms with Crippen LogP contribution in [0.4, 0.5) is 5.69 Å². The van der Waals surface area contributed by atoms with Crippen LogP contribution in [-0.4, -0.2) is 25.6 Å². The van der Waals surface area contributed by atoms with Gasteiger partial charge in [-0.2, -0.15) is 0 Å². The molecule has 0 radical (unpaired) electrons. The summed E-state index contributed by atoms with van der Waals surface area (Å²) in [5.74, 6) is -0.194. The molecule has 23 heavy (non-hydrogen) atoms. The molecule has 2 N–H and O–H groups in total. The summed E-state index contributed by atoms with van der Waals surface area (Å²) in [4.78, 5) is 15.5. The average molecular weight is 328 g/mol. The minimum Gasteiger partial charge on any atom is -0.361 e. The third-order valence-corrected chi connectivity index (χ3v) is 4.68. The molecular formula is C17H16N2O3S. The predicted molar refractivity (Wildman–Crippen MR) is 90.2 cm³/mol. The molecule has 1 amide bonds. The number of fused-ring (bicyclic) bond motifs is 1. The van der Waals surface area contributed by atoms with E-state index in [9.17, 15) is 13.2 Å². The zero-order valence-corrected chi connectivity index (χ0v) is 13.4. The number of aromatic nitrogens is 1. The van der Waals surface area contributed by atoms with Crippen LogP contribution in [-0.2, 0) is 21.1 Å². The highest BCUT2D eigenvalue weighted by atomic mass is 32.2. The first-order valence-electron chi connectivity index (χ1n) is 7.08. The van der Waals surface area contributed by atoms with Crippen molar-refractivity contribution < 1.29 is 13.2 Å². The third-order valence-electron chi connectivity index (χ3n) is 3.57. The Labute approximate surface area is 134 Å². The summed E-state index contributed by atoms with van der Waals surface area (Å²) in [5.41, 5.74) is 2.35. The minimum atomic E-state index is -3.30. The van der Waals surface area contributed by atoms with Gasteiger partial charge in [-0.25, -0.2) is 8.42 Å². The highest BCUT2D eigenvalue weighted by Gasteiger charge is 2.11. The monoisotopic (exact) mass is 328 g/mol. The van der Waals surface area contributed by atoms with Gasteiger partial charge in [-0.05, 0) is 29.8 Å². The number of benzene rings is 2. The number of carbonyl (C=O) groups excluding carboxylic acids is 1. The lowest BCUT2D eigenvalue weighted by molar-refractivity contribution is -0.115. The van der Waals surface area contributed by atoms with Gasteiger partial charge in [-0.15, -0.1) is 0 Å². The second-order valence-electron chi connectivity index (χ2n) is 5.38. The number of amides is 1. The van der Waals surface area contributed by atoms with Gasteiger partial charge in [0.25, 0.3) is 0 Å². The summed E-state index contributed by atoms with van der Waals surface area (Å²) >= 11 is 0. The minimum absolute atomic E-state index is 0.183. The SMILES string of the molecule is CS(=O)(=O)c1cccc(NC(=O)Cc2c[nH]c3ccccc23)c1. The van der Waals surface area contributed by atoms with Crippen molar-refractivity contribution in [3.63, 3.8) is 0 Å². The maximum atomic E-state index is 12.2. The van der Waals surface area contributed by atoms with Crippen LogP contribution in [0.5, 0.6) is 0 Å². The average Bonchev–Trinajstić information content (AvgIpc) is 2.90. The number of carbonyl (C=O) groups is 1. The molecule has 6 heteroatoms. The lowest BCUT2D eigenvalue weighted by Crippen LogP contribution is -2.14. The predicted octanol–water partition coefficient (Wildman–Crippen LogP) is 2.75. The van der Waals surface area contributed by atoms with E-state index in [0.29, 0.717) is 5.69 Å². The normalized spacial score (nSPS) is 11.5. The van der Waals surface area contributed by atoms with Crippen LogP contribution in [0.3, 0.4) is 0 Å². The van der Waals surface area contributed by atoms with E-state index in [1.54, 1.807) is 12.1 Å². The van der Waals surface area contributed by atoms with Crippen LogP contribution in [0.25, 0.3) is 10.9 Å². The molecule has 0 bridgehead atoms. The molecule has 0 saturated carbocycles. The molecule has 0 aliphatic carbocycles. The molecule has 3 aromatic rings. The van der Waals surface area contributed by atoms with E-state index >= 15 is 0 Å². The van der Waals surface area contributed by atoms with Gasteiger partial charge in [0.05, 0.1) is 11.3 Å². The van der Waals surface area contributed by atoms with Crippen LogP contribution < -0.4 is 5.32 Å². The topological polar surface area (TPSA) is 79.0 Å². The maximum absolute atomic E-state index is 12.2. The van der Waals surface area contributed by atoms with Gasteiger partial charge in [-0.3, -0.25) is 4.79 Å². The van der Waals surface area contributed by atoms with Crippen molar-refractivity contribution in [2.75, 3.05) is 11.6 Å². The van der Waals surface area contributed by atoms with Gasteiger partial charge in [0.2, 0.25) is 5.91 Å². The Hall–Kier alpha value is -2.60. The Morgan fingerprint density at radius 3 is 2.70 bits per heavy atom. The van der Waals surface area contributed by atoms with Gasteiger partial charge >= 0.3 is 0 Å². The summed E-state index contributed by atoms with van der Waals surface area (Å²) in [6.07, 6.45) is 3.17. The van der Waals surface area contributed by atoms with Gasteiger partial charge in [0.1, 0.15) is 0 Å². The van der Waals surface area contributed by atoms with E-state index in [0.717, 1.165) is 22.7 Å². The molecule has 2 aromatic carbocycles. The molecule has 0 atom stereocenters. The van der Waals surface area contributed by atoms with Crippen molar-refractivity contribution in [2.24, 2.45) is 0 Å². The quantitative estimate of drug-likeness (QED) is 0.773. The molecule has 0 spiro atoms. The maximum Gasteiger partial charge on any atom is 0.228 e. The summed E-state index contributed by atoms with van der Waals surface area (Å²) < 4.78 is 23.1. The van der Waals surface area contributed by atoms with Crippen molar-refractivity contribution in [1.82, 2.24) is 4.98 Å². The summed E-state index contributed by atoms with van der Waals surface area (Å²) in [6, 6.07) is 14.0. The number of aromatic amines is 1. The molecule has 0 aliphatic heterocycles. The number of anilines is 1. The second-order valence-corrected chi connectivity index (χ2v) is 7.40. The van der Waals surface area contributed by atoms with Crippen molar-refractivity contribution in [3.05, 3.63) is 60.3 Å². The summed E-state index contributed by atoms with van der Waals surface area (Å²) in [7, 11) is -3.30. The Balaban J connectivity index is 1.77. The molecule has 3 rings (SSSR count). The summed E-state index contributed by atoms with van der Waals surface area (Å²) in [5, 5.41) is 3.75. The number of hydrogen-bond donors (Lipinski definition) is 2. The number of para-hydroxylation sites is 1. The van der Waals surface area contributed by atoms with Crippen LogP contribution in [0.15, 0.2) is 59.6 Å².